The van der Waals surface area contributed by atoms with Crippen molar-refractivity contribution in [2.24, 2.45) is 5.92 Å². The van der Waals surface area contributed by atoms with Crippen molar-refractivity contribution in [1.29, 1.82) is 0 Å². The lowest BCUT2D eigenvalue weighted by molar-refractivity contribution is 0.0599. The number of hydrogen-bond acceptors (Lipinski definition) is 2. The Bertz CT molecular complexity index is 501. The van der Waals surface area contributed by atoms with E-state index in [9.17, 15) is 4.79 Å². The minimum Gasteiger partial charge on any atom is -0.465 e. The number of allylic oxidation sites excluding steroid dienone is 2. The maximum absolute atomic E-state index is 11.7. The molecule has 1 aromatic rings. The van der Waals surface area contributed by atoms with Gasteiger partial charge in [-0.3, -0.25) is 0 Å². The van der Waals surface area contributed by atoms with Gasteiger partial charge in [-0.25, -0.2) is 4.79 Å². The highest BCUT2D eigenvalue weighted by Gasteiger charge is 2.23. The van der Waals surface area contributed by atoms with Crippen LogP contribution in [0, 0.1) is 5.92 Å². The van der Waals surface area contributed by atoms with Crippen LogP contribution in [0.3, 0.4) is 0 Å². The molecule has 3 heteroatoms. The maximum atomic E-state index is 11.7. The summed E-state index contributed by atoms with van der Waals surface area (Å²) >= 11 is 3.45. The summed E-state index contributed by atoms with van der Waals surface area (Å²) in [5, 5.41) is 0. The average Bonchev–Trinajstić information content (AvgIpc) is 2.70. The van der Waals surface area contributed by atoms with Gasteiger partial charge in [0.05, 0.1) is 12.7 Å². The number of ether oxygens (including phenoxy) is 1. The largest absolute Gasteiger partial charge is 0.465 e. The highest BCUT2D eigenvalue weighted by Crippen LogP contribution is 2.36. The van der Waals surface area contributed by atoms with E-state index in [4.69, 9.17) is 4.74 Å². The second-order valence-corrected chi connectivity index (χ2v) is 5.41. The second-order valence-electron chi connectivity index (χ2n) is 4.49. The topological polar surface area (TPSA) is 26.3 Å². The first-order valence-electron chi connectivity index (χ1n) is 5.65. The van der Waals surface area contributed by atoms with E-state index in [-0.39, 0.29) is 5.97 Å². The van der Waals surface area contributed by atoms with Crippen molar-refractivity contribution in [1.82, 2.24) is 0 Å². The highest BCUT2D eigenvalue weighted by molar-refractivity contribution is 9.10. The summed E-state index contributed by atoms with van der Waals surface area (Å²) in [6.07, 6.45) is 3.02. The molecule has 1 aliphatic carbocycles. The van der Waals surface area contributed by atoms with E-state index in [1.54, 1.807) is 0 Å². The van der Waals surface area contributed by atoms with Gasteiger partial charge < -0.3 is 4.74 Å². The van der Waals surface area contributed by atoms with Gasteiger partial charge >= 0.3 is 5.97 Å². The summed E-state index contributed by atoms with van der Waals surface area (Å²) in [5.74, 6) is 0.206. The van der Waals surface area contributed by atoms with Crippen LogP contribution in [0.2, 0.25) is 0 Å². The second kappa shape index (κ2) is 4.65. The number of carbonyl (C=O) groups excluding carboxylic acids is 1. The fraction of sp³-hybridized carbons (Fsp3) is 0.357. The van der Waals surface area contributed by atoms with Crippen LogP contribution in [0.4, 0.5) is 0 Å². The van der Waals surface area contributed by atoms with Crippen molar-refractivity contribution in [3.8, 4) is 0 Å². The number of methoxy groups -OCH3 is 1. The molecule has 0 unspecified atom stereocenters. The Kier molecular flexibility index (Phi) is 3.38. The van der Waals surface area contributed by atoms with E-state index in [1.807, 2.05) is 6.07 Å². The molecule has 0 atom stereocenters. The molecule has 0 N–H and O–H groups in total. The zero-order valence-electron chi connectivity index (χ0n) is 10.2. The van der Waals surface area contributed by atoms with Crippen molar-refractivity contribution in [3.05, 3.63) is 39.4 Å². The molecule has 0 fully saturated rings. The first-order chi connectivity index (χ1) is 8.04. The third-order valence-corrected chi connectivity index (χ3v) is 3.54. The van der Waals surface area contributed by atoms with E-state index in [0.717, 1.165) is 16.5 Å². The van der Waals surface area contributed by atoms with E-state index in [0.29, 0.717) is 11.5 Å². The van der Waals surface area contributed by atoms with Crippen LogP contribution in [0.5, 0.6) is 0 Å². The molecule has 0 saturated carbocycles. The van der Waals surface area contributed by atoms with Gasteiger partial charge in [-0.15, -0.1) is 0 Å². The molecule has 0 radical (unpaired) electrons. The predicted molar refractivity (Wildman–Crippen MR) is 72.0 cm³/mol. The smallest absolute Gasteiger partial charge is 0.338 e. The summed E-state index contributed by atoms with van der Waals surface area (Å²) < 4.78 is 5.75. The minimum absolute atomic E-state index is 0.263. The molecular weight excluding hydrogens is 280 g/mol. The van der Waals surface area contributed by atoms with Gasteiger partial charge in [0.2, 0.25) is 0 Å². The number of rotatable bonds is 2. The summed E-state index contributed by atoms with van der Waals surface area (Å²) in [4.78, 5) is 11.7. The molecule has 90 valence electrons. The summed E-state index contributed by atoms with van der Waals surface area (Å²) in [7, 11) is 1.42. The predicted octanol–water partition coefficient (Wildman–Crippen LogP) is 3.83. The zero-order valence-corrected chi connectivity index (χ0v) is 11.8. The van der Waals surface area contributed by atoms with Crippen molar-refractivity contribution in [2.45, 2.75) is 20.3 Å². The lowest BCUT2D eigenvalue weighted by Gasteiger charge is -2.12. The van der Waals surface area contributed by atoms with Crippen molar-refractivity contribution >= 4 is 27.5 Å². The third kappa shape index (κ3) is 2.16. The van der Waals surface area contributed by atoms with Crippen LogP contribution >= 0.6 is 15.9 Å². The Hall–Kier alpha value is -1.09. The van der Waals surface area contributed by atoms with Crippen LogP contribution in [0.15, 0.2) is 22.7 Å². The molecule has 1 aliphatic rings. The van der Waals surface area contributed by atoms with Crippen molar-refractivity contribution in [3.63, 3.8) is 0 Å². The van der Waals surface area contributed by atoms with E-state index in [2.05, 4.69) is 41.9 Å². The van der Waals surface area contributed by atoms with Gasteiger partial charge in [0.25, 0.3) is 0 Å². The monoisotopic (exact) mass is 294 g/mol. The number of benzene rings is 1. The normalized spacial score (nSPS) is 13.6. The highest BCUT2D eigenvalue weighted by atomic mass is 79.9. The summed E-state index contributed by atoms with van der Waals surface area (Å²) in [6, 6.07) is 3.92. The van der Waals surface area contributed by atoms with Crippen molar-refractivity contribution < 1.29 is 9.53 Å². The van der Waals surface area contributed by atoms with Gasteiger partial charge in [-0.1, -0.05) is 35.9 Å². The molecule has 0 bridgehead atoms. The molecule has 0 aliphatic heterocycles. The van der Waals surface area contributed by atoms with Gasteiger partial charge in [0.1, 0.15) is 0 Å². The number of halogens is 1. The molecule has 0 aromatic heterocycles. The molecule has 0 spiro atoms. The molecule has 17 heavy (non-hydrogen) atoms. The number of hydrogen-bond donors (Lipinski definition) is 0. The average molecular weight is 295 g/mol. The van der Waals surface area contributed by atoms with Gasteiger partial charge in [0, 0.05) is 4.47 Å². The minimum atomic E-state index is -0.263. The van der Waals surface area contributed by atoms with Crippen LogP contribution in [-0.4, -0.2) is 13.1 Å². The standard InChI is InChI=1S/C14H15BrO2/c1-8(2)10-4-5-11-12(10)6-9(15)7-13(11)14(16)17-3/h4,6-8H,5H2,1-3H3. The Morgan fingerprint density at radius 2 is 2.12 bits per heavy atom. The van der Waals surface area contributed by atoms with E-state index < -0.39 is 0 Å². The lowest BCUT2D eigenvalue weighted by Crippen LogP contribution is -2.06. The lowest BCUT2D eigenvalue weighted by atomic mass is 9.94. The molecule has 0 saturated heterocycles. The summed E-state index contributed by atoms with van der Waals surface area (Å²) in [6.45, 7) is 4.33. The fourth-order valence-corrected chi connectivity index (χ4v) is 2.73. The summed E-state index contributed by atoms with van der Waals surface area (Å²) in [5.41, 5.74) is 4.24. The number of fused-ring (bicyclic) bond motifs is 1. The van der Waals surface area contributed by atoms with Gasteiger partial charge in [0.15, 0.2) is 0 Å². The first kappa shape index (κ1) is 12.4. The Balaban J connectivity index is 2.56. The Labute approximate surface area is 110 Å². The van der Waals surface area contributed by atoms with E-state index >= 15 is 0 Å². The van der Waals surface area contributed by atoms with E-state index in [1.165, 1.54) is 18.2 Å². The van der Waals surface area contributed by atoms with Crippen LogP contribution in [0.1, 0.15) is 35.3 Å². The number of esters is 1. The van der Waals surface area contributed by atoms with Gasteiger partial charge in [-0.2, -0.15) is 0 Å². The Morgan fingerprint density at radius 3 is 2.71 bits per heavy atom. The Morgan fingerprint density at radius 1 is 1.41 bits per heavy atom. The van der Waals surface area contributed by atoms with Crippen LogP contribution in [-0.2, 0) is 11.2 Å². The number of carbonyl (C=O) groups is 1. The molecule has 0 amide bonds. The fourth-order valence-electron chi connectivity index (χ4n) is 2.27. The molecule has 2 nitrogen and oxygen atoms in total. The SMILES string of the molecule is COC(=O)c1cc(Br)cc2c1CC=C2C(C)C. The van der Waals surface area contributed by atoms with Gasteiger partial charge in [-0.05, 0) is 41.2 Å². The molecular formula is C14H15BrO2. The third-order valence-electron chi connectivity index (χ3n) is 3.08. The van der Waals surface area contributed by atoms with Crippen molar-refractivity contribution in [2.75, 3.05) is 7.11 Å². The molecule has 2 rings (SSSR count). The first-order valence-corrected chi connectivity index (χ1v) is 6.45. The quantitative estimate of drug-likeness (QED) is 0.775. The zero-order chi connectivity index (χ0) is 12.6. The molecule has 0 heterocycles. The van der Waals surface area contributed by atoms with Crippen LogP contribution in [0.25, 0.3) is 5.57 Å². The maximum Gasteiger partial charge on any atom is 0.338 e. The molecule has 1 aromatic carbocycles. The van der Waals surface area contributed by atoms with Crippen LogP contribution < -0.4 is 0 Å².